The summed E-state index contributed by atoms with van der Waals surface area (Å²) in [4.78, 5) is 5.59. The van der Waals surface area contributed by atoms with Crippen molar-refractivity contribution in [2.45, 2.75) is 26.4 Å². The largest absolute Gasteiger partial charge is 0.388 e. The molecule has 0 saturated heterocycles. The summed E-state index contributed by atoms with van der Waals surface area (Å²) in [5, 5.41) is 12.2. The number of aliphatic hydroxyl groups excluding tert-OH is 1. The first-order valence-corrected chi connectivity index (χ1v) is 7.10. The van der Waals surface area contributed by atoms with Crippen LogP contribution in [0.3, 0.4) is 0 Å². The minimum Gasteiger partial charge on any atom is -0.388 e. The van der Waals surface area contributed by atoms with Crippen LogP contribution in [-0.4, -0.2) is 10.1 Å². The summed E-state index contributed by atoms with van der Waals surface area (Å²) < 4.78 is 0. The van der Waals surface area contributed by atoms with Crippen molar-refractivity contribution >= 4 is 34.5 Å². The third kappa shape index (κ3) is 3.04. The van der Waals surface area contributed by atoms with Crippen molar-refractivity contribution in [3.63, 3.8) is 0 Å². The molecule has 0 aliphatic carbocycles. The lowest BCUT2D eigenvalue weighted by atomic mass is 10.1. The Kier molecular flexibility index (Phi) is 4.28. The maximum absolute atomic E-state index is 10.2. The summed E-state index contributed by atoms with van der Waals surface area (Å²) in [7, 11) is 0. The van der Waals surface area contributed by atoms with Crippen LogP contribution in [0.4, 0.5) is 0 Å². The molecule has 0 aliphatic rings. The Hall–Kier alpha value is -0.610. The van der Waals surface area contributed by atoms with E-state index in [1.54, 1.807) is 29.5 Å². The van der Waals surface area contributed by atoms with Crippen LogP contribution < -0.4 is 0 Å². The van der Waals surface area contributed by atoms with Gasteiger partial charge in [0.2, 0.25) is 0 Å². The number of thiazole rings is 1. The van der Waals surface area contributed by atoms with Crippen molar-refractivity contribution in [2.24, 2.45) is 0 Å². The molecule has 0 bridgehead atoms. The first-order chi connectivity index (χ1) is 8.47. The molecule has 5 heteroatoms. The van der Waals surface area contributed by atoms with E-state index in [0.717, 1.165) is 10.7 Å². The number of hydrogen-bond donors (Lipinski definition) is 1. The lowest BCUT2D eigenvalue weighted by Crippen LogP contribution is -2.02. The molecule has 1 heterocycles. The van der Waals surface area contributed by atoms with E-state index in [-0.39, 0.29) is 0 Å². The maximum Gasteiger partial charge on any atom is 0.0960 e. The molecule has 1 N–H and O–H groups in total. The molecule has 1 unspecified atom stereocenters. The molecular weight excluding hydrogens is 289 g/mol. The van der Waals surface area contributed by atoms with Crippen molar-refractivity contribution in [1.29, 1.82) is 0 Å². The zero-order chi connectivity index (χ0) is 13.3. The predicted molar refractivity (Wildman–Crippen MR) is 76.7 cm³/mol. The predicted octanol–water partition coefficient (Wildman–Crippen LogP) is 4.34. The van der Waals surface area contributed by atoms with Gasteiger partial charge in [-0.15, -0.1) is 11.3 Å². The molecule has 0 aliphatic heterocycles. The number of hydrogen-bond acceptors (Lipinski definition) is 3. The molecule has 1 aromatic heterocycles. The number of aliphatic hydroxyl groups is 1. The molecule has 1 atom stereocenters. The lowest BCUT2D eigenvalue weighted by molar-refractivity contribution is 0.178. The minimum atomic E-state index is -0.653. The van der Waals surface area contributed by atoms with Crippen LogP contribution in [-0.2, 0) is 6.42 Å². The van der Waals surface area contributed by atoms with E-state index >= 15 is 0 Å². The number of rotatable bonds is 3. The van der Waals surface area contributed by atoms with Crippen LogP contribution in [0.5, 0.6) is 0 Å². The smallest absolute Gasteiger partial charge is 0.0960 e. The fourth-order valence-electron chi connectivity index (χ4n) is 1.67. The Morgan fingerprint density at radius 2 is 2.06 bits per heavy atom. The van der Waals surface area contributed by atoms with Crippen LogP contribution in [0, 0.1) is 13.8 Å². The Labute approximate surface area is 120 Å². The highest BCUT2D eigenvalue weighted by Crippen LogP contribution is 2.29. The van der Waals surface area contributed by atoms with E-state index < -0.39 is 6.10 Å². The number of benzene rings is 1. The van der Waals surface area contributed by atoms with E-state index in [1.807, 2.05) is 13.8 Å². The van der Waals surface area contributed by atoms with Gasteiger partial charge in [0.1, 0.15) is 0 Å². The van der Waals surface area contributed by atoms with Crippen LogP contribution >= 0.6 is 34.5 Å². The molecule has 0 radical (unpaired) electrons. The fourth-order valence-corrected chi connectivity index (χ4v) is 3.18. The Bertz CT molecular complexity index is 549. The van der Waals surface area contributed by atoms with Gasteiger partial charge in [0.25, 0.3) is 0 Å². The lowest BCUT2D eigenvalue weighted by Gasteiger charge is -2.11. The standard InChI is InChI=1S/C13H13Cl2NOS/c1-7-8(2)18-13(16-7)6-12(17)10-4-3-9(14)5-11(10)15/h3-5,12,17H,6H2,1-2H3. The van der Waals surface area contributed by atoms with Gasteiger partial charge in [0.15, 0.2) is 0 Å². The monoisotopic (exact) mass is 301 g/mol. The van der Waals surface area contributed by atoms with Gasteiger partial charge in [-0.3, -0.25) is 0 Å². The third-order valence-corrected chi connectivity index (χ3v) is 4.42. The van der Waals surface area contributed by atoms with Crippen LogP contribution in [0.1, 0.15) is 27.2 Å². The summed E-state index contributed by atoms with van der Waals surface area (Å²) in [5.74, 6) is 0. The molecule has 2 rings (SSSR count). The van der Waals surface area contributed by atoms with Gasteiger partial charge < -0.3 is 5.11 Å². The van der Waals surface area contributed by atoms with Crippen LogP contribution in [0.15, 0.2) is 18.2 Å². The van der Waals surface area contributed by atoms with Gasteiger partial charge in [0.05, 0.1) is 16.8 Å². The second-order valence-electron chi connectivity index (χ2n) is 4.13. The van der Waals surface area contributed by atoms with Crippen molar-refractivity contribution in [1.82, 2.24) is 4.98 Å². The van der Waals surface area contributed by atoms with E-state index in [0.29, 0.717) is 22.0 Å². The highest BCUT2D eigenvalue weighted by Gasteiger charge is 2.15. The number of halogens is 2. The summed E-state index contributed by atoms with van der Waals surface area (Å²) >= 11 is 13.5. The van der Waals surface area contributed by atoms with Gasteiger partial charge in [-0.1, -0.05) is 29.3 Å². The highest BCUT2D eigenvalue weighted by atomic mass is 35.5. The van der Waals surface area contributed by atoms with Gasteiger partial charge in [-0.05, 0) is 31.5 Å². The summed E-state index contributed by atoms with van der Waals surface area (Å²) in [6.07, 6.45) is -0.180. The van der Waals surface area contributed by atoms with Crippen molar-refractivity contribution in [3.05, 3.63) is 49.4 Å². The highest BCUT2D eigenvalue weighted by molar-refractivity contribution is 7.11. The zero-order valence-electron chi connectivity index (χ0n) is 10.1. The normalized spacial score (nSPS) is 12.7. The summed E-state index contributed by atoms with van der Waals surface area (Å²) in [6.45, 7) is 4.00. The first-order valence-electron chi connectivity index (χ1n) is 5.53. The molecule has 0 fully saturated rings. The van der Waals surface area contributed by atoms with Crippen LogP contribution in [0.25, 0.3) is 0 Å². The Morgan fingerprint density at radius 1 is 1.33 bits per heavy atom. The Balaban J connectivity index is 2.19. The summed E-state index contributed by atoms with van der Waals surface area (Å²) in [6, 6.07) is 5.12. The average Bonchev–Trinajstić information content (AvgIpc) is 2.57. The zero-order valence-corrected chi connectivity index (χ0v) is 12.4. The van der Waals surface area contributed by atoms with Gasteiger partial charge in [-0.2, -0.15) is 0 Å². The topological polar surface area (TPSA) is 33.1 Å². The van der Waals surface area contributed by atoms with E-state index in [1.165, 1.54) is 4.88 Å². The van der Waals surface area contributed by atoms with Gasteiger partial charge in [0, 0.05) is 21.3 Å². The second kappa shape index (κ2) is 5.57. The fraction of sp³-hybridized carbons (Fsp3) is 0.308. The average molecular weight is 302 g/mol. The van der Waals surface area contributed by atoms with Gasteiger partial charge in [-0.25, -0.2) is 4.98 Å². The number of nitrogens with zero attached hydrogens (tertiary/aromatic N) is 1. The molecule has 96 valence electrons. The SMILES string of the molecule is Cc1nc(CC(O)c2ccc(Cl)cc2Cl)sc1C. The molecular formula is C13H13Cl2NOS. The van der Waals surface area contributed by atoms with E-state index in [2.05, 4.69) is 4.98 Å². The summed E-state index contributed by atoms with van der Waals surface area (Å²) in [5.41, 5.74) is 1.70. The Morgan fingerprint density at radius 3 is 2.61 bits per heavy atom. The molecule has 18 heavy (non-hydrogen) atoms. The van der Waals surface area contributed by atoms with E-state index in [9.17, 15) is 5.11 Å². The minimum absolute atomic E-state index is 0.473. The van der Waals surface area contributed by atoms with E-state index in [4.69, 9.17) is 23.2 Å². The molecule has 0 spiro atoms. The first kappa shape index (κ1) is 13.8. The molecule has 0 amide bonds. The van der Waals surface area contributed by atoms with Crippen molar-refractivity contribution in [2.75, 3.05) is 0 Å². The van der Waals surface area contributed by atoms with Gasteiger partial charge >= 0.3 is 0 Å². The quantitative estimate of drug-likeness (QED) is 0.914. The molecule has 1 aromatic carbocycles. The molecule has 2 aromatic rings. The molecule has 0 saturated carbocycles. The maximum atomic E-state index is 10.2. The number of aryl methyl sites for hydroxylation is 2. The van der Waals surface area contributed by atoms with Crippen LogP contribution in [0.2, 0.25) is 10.0 Å². The van der Waals surface area contributed by atoms with Crippen molar-refractivity contribution < 1.29 is 5.11 Å². The van der Waals surface area contributed by atoms with Crippen molar-refractivity contribution in [3.8, 4) is 0 Å². The second-order valence-corrected chi connectivity index (χ2v) is 6.27. The number of aromatic nitrogens is 1. The molecule has 2 nitrogen and oxygen atoms in total. The third-order valence-electron chi connectivity index (χ3n) is 2.76.